The van der Waals surface area contributed by atoms with Crippen molar-refractivity contribution in [2.75, 3.05) is 38.5 Å². The third-order valence-electron chi connectivity index (χ3n) is 4.03. The van der Waals surface area contributed by atoms with Crippen molar-refractivity contribution in [3.8, 4) is 0 Å². The fourth-order valence-electron chi connectivity index (χ4n) is 2.47. The lowest BCUT2D eigenvalue weighted by molar-refractivity contribution is 0.0952. The molecule has 0 radical (unpaired) electrons. The quantitative estimate of drug-likeness (QED) is 0.680. The van der Waals surface area contributed by atoms with Crippen molar-refractivity contribution in [3.63, 3.8) is 0 Å². The predicted molar refractivity (Wildman–Crippen MR) is 109 cm³/mol. The Balaban J connectivity index is 2.21. The Morgan fingerprint density at radius 1 is 1.07 bits per heavy atom. The number of para-hydroxylation sites is 1. The van der Waals surface area contributed by atoms with Gasteiger partial charge in [0.15, 0.2) is 0 Å². The van der Waals surface area contributed by atoms with Gasteiger partial charge in [-0.1, -0.05) is 29.8 Å². The lowest BCUT2D eigenvalue weighted by Crippen LogP contribution is -2.29. The summed E-state index contributed by atoms with van der Waals surface area (Å²) in [5.74, 6) is -0.391. The maximum absolute atomic E-state index is 12.9. The second kappa shape index (κ2) is 9.21. The minimum absolute atomic E-state index is 0.0108. The van der Waals surface area contributed by atoms with E-state index in [1.165, 1.54) is 29.6 Å². The summed E-state index contributed by atoms with van der Waals surface area (Å²) < 4.78 is 27.0. The molecule has 2 rings (SSSR count). The van der Waals surface area contributed by atoms with Crippen molar-refractivity contribution >= 4 is 33.2 Å². The predicted octanol–water partition coefficient (Wildman–Crippen LogP) is 2.85. The molecule has 0 aromatic heterocycles. The topological polar surface area (TPSA) is 69.7 Å². The van der Waals surface area contributed by atoms with Crippen LogP contribution in [0.15, 0.2) is 53.4 Å². The zero-order chi connectivity index (χ0) is 20.0. The number of sulfonamides is 1. The Hall–Kier alpha value is -2.09. The Morgan fingerprint density at radius 2 is 1.74 bits per heavy atom. The molecule has 0 bridgehead atoms. The first kappa shape index (κ1) is 21.2. The van der Waals surface area contributed by atoms with Gasteiger partial charge >= 0.3 is 0 Å². The molecule has 0 fully saturated rings. The second-order valence-corrected chi connectivity index (χ2v) is 8.74. The third-order valence-corrected chi connectivity index (χ3v) is 6.14. The van der Waals surface area contributed by atoms with Crippen LogP contribution in [0.2, 0.25) is 5.02 Å². The zero-order valence-corrected chi connectivity index (χ0v) is 17.2. The molecule has 0 unspecified atom stereocenters. The van der Waals surface area contributed by atoms with Gasteiger partial charge in [-0.2, -0.15) is 0 Å². The van der Waals surface area contributed by atoms with Gasteiger partial charge in [-0.3, -0.25) is 9.10 Å². The van der Waals surface area contributed by atoms with Gasteiger partial charge in [0.25, 0.3) is 15.9 Å². The van der Waals surface area contributed by atoms with Gasteiger partial charge in [0.2, 0.25) is 0 Å². The largest absolute Gasteiger partial charge is 0.352 e. The number of benzene rings is 2. The highest BCUT2D eigenvalue weighted by Crippen LogP contribution is 2.25. The third kappa shape index (κ3) is 5.45. The first-order chi connectivity index (χ1) is 12.7. The molecule has 0 spiro atoms. The first-order valence-corrected chi connectivity index (χ1v) is 10.3. The average molecular weight is 410 g/mol. The molecule has 0 aliphatic carbocycles. The van der Waals surface area contributed by atoms with Crippen LogP contribution in [0.1, 0.15) is 16.8 Å². The van der Waals surface area contributed by atoms with Crippen LogP contribution in [0.5, 0.6) is 0 Å². The van der Waals surface area contributed by atoms with E-state index in [2.05, 4.69) is 5.32 Å². The van der Waals surface area contributed by atoms with Crippen molar-refractivity contribution in [2.45, 2.75) is 11.3 Å². The number of hydrogen-bond acceptors (Lipinski definition) is 4. The molecule has 0 aliphatic heterocycles. The van der Waals surface area contributed by atoms with E-state index in [0.717, 1.165) is 13.0 Å². The molecular formula is C19H24ClN3O3S. The minimum Gasteiger partial charge on any atom is -0.352 e. The molecule has 0 heterocycles. The first-order valence-electron chi connectivity index (χ1n) is 8.50. The molecule has 1 N–H and O–H groups in total. The normalized spacial score (nSPS) is 11.4. The monoisotopic (exact) mass is 409 g/mol. The molecule has 146 valence electrons. The number of hydrogen-bond donors (Lipinski definition) is 1. The van der Waals surface area contributed by atoms with E-state index in [1.54, 1.807) is 24.3 Å². The summed E-state index contributed by atoms with van der Waals surface area (Å²) >= 11 is 6.12. The van der Waals surface area contributed by atoms with Gasteiger partial charge in [-0.25, -0.2) is 8.42 Å². The smallest absolute Gasteiger partial charge is 0.264 e. The van der Waals surface area contributed by atoms with Crippen LogP contribution in [0.25, 0.3) is 0 Å². The number of halogens is 1. The van der Waals surface area contributed by atoms with Gasteiger partial charge in [0.1, 0.15) is 0 Å². The highest BCUT2D eigenvalue weighted by Gasteiger charge is 2.23. The summed E-state index contributed by atoms with van der Waals surface area (Å²) in [5, 5.41) is 2.99. The van der Waals surface area contributed by atoms with Crippen LogP contribution in [0, 0.1) is 0 Å². The summed E-state index contributed by atoms with van der Waals surface area (Å²) in [6, 6.07) is 12.9. The van der Waals surface area contributed by atoms with E-state index >= 15 is 0 Å². The number of nitrogens with one attached hydrogen (secondary N) is 1. The Kier molecular flexibility index (Phi) is 7.24. The van der Waals surface area contributed by atoms with E-state index < -0.39 is 15.9 Å². The van der Waals surface area contributed by atoms with E-state index in [9.17, 15) is 13.2 Å². The minimum atomic E-state index is -3.81. The lowest BCUT2D eigenvalue weighted by Gasteiger charge is -2.20. The summed E-state index contributed by atoms with van der Waals surface area (Å²) in [6.45, 7) is 1.32. The highest BCUT2D eigenvalue weighted by molar-refractivity contribution is 7.92. The van der Waals surface area contributed by atoms with Crippen molar-refractivity contribution in [1.82, 2.24) is 10.2 Å². The summed E-state index contributed by atoms with van der Waals surface area (Å²) in [5.41, 5.74) is 0.672. The van der Waals surface area contributed by atoms with E-state index in [-0.39, 0.29) is 15.5 Å². The van der Waals surface area contributed by atoms with E-state index in [0.29, 0.717) is 12.2 Å². The number of carbonyl (C=O) groups is 1. The molecule has 0 atom stereocenters. The van der Waals surface area contributed by atoms with Crippen LogP contribution in [0.4, 0.5) is 5.69 Å². The van der Waals surface area contributed by atoms with Crippen molar-refractivity contribution in [2.24, 2.45) is 0 Å². The van der Waals surface area contributed by atoms with Crippen LogP contribution < -0.4 is 9.62 Å². The molecule has 0 saturated heterocycles. The molecule has 2 aromatic carbocycles. The average Bonchev–Trinajstić information content (AvgIpc) is 2.65. The second-order valence-electron chi connectivity index (χ2n) is 6.36. The van der Waals surface area contributed by atoms with Crippen LogP contribution in [-0.2, 0) is 10.0 Å². The number of rotatable bonds is 8. The molecule has 1 amide bonds. The van der Waals surface area contributed by atoms with E-state index in [4.69, 9.17) is 11.6 Å². The standard InChI is InChI=1S/C19H24ClN3O3S/c1-22(2)13-7-12-21-19(24)17-14-16(10-11-18(17)20)27(25,26)23(3)15-8-5-4-6-9-15/h4-6,8-11,14H,7,12-13H2,1-3H3,(H,21,24). The molecular weight excluding hydrogens is 386 g/mol. The number of anilines is 1. The number of carbonyl (C=O) groups excluding carboxylic acids is 1. The highest BCUT2D eigenvalue weighted by atomic mass is 35.5. The molecule has 0 aliphatic rings. The Bertz CT molecular complexity index is 886. The molecule has 0 saturated carbocycles. The van der Waals surface area contributed by atoms with Crippen LogP contribution in [-0.4, -0.2) is 53.5 Å². The zero-order valence-electron chi connectivity index (χ0n) is 15.6. The van der Waals surface area contributed by atoms with Crippen molar-refractivity contribution in [1.29, 1.82) is 0 Å². The number of amides is 1. The molecule has 6 nitrogen and oxygen atoms in total. The summed E-state index contributed by atoms with van der Waals surface area (Å²) in [4.78, 5) is 14.4. The summed E-state index contributed by atoms with van der Waals surface area (Å²) in [7, 11) is 1.57. The maximum Gasteiger partial charge on any atom is 0.264 e. The van der Waals surface area contributed by atoms with E-state index in [1.807, 2.05) is 25.1 Å². The Labute approximate surface area is 165 Å². The SMILES string of the molecule is CN(C)CCCNC(=O)c1cc(S(=O)(=O)N(C)c2ccccc2)ccc1Cl. The van der Waals surface area contributed by atoms with Crippen molar-refractivity contribution in [3.05, 3.63) is 59.1 Å². The van der Waals surface area contributed by atoms with Gasteiger partial charge < -0.3 is 10.2 Å². The van der Waals surface area contributed by atoms with Crippen LogP contribution in [0.3, 0.4) is 0 Å². The van der Waals surface area contributed by atoms with Gasteiger partial charge in [-0.15, -0.1) is 0 Å². The fourth-order valence-corrected chi connectivity index (χ4v) is 3.89. The molecule has 27 heavy (non-hydrogen) atoms. The fraction of sp³-hybridized carbons (Fsp3) is 0.316. The van der Waals surface area contributed by atoms with Gasteiger partial charge in [0, 0.05) is 13.6 Å². The lowest BCUT2D eigenvalue weighted by atomic mass is 10.2. The summed E-state index contributed by atoms with van der Waals surface area (Å²) in [6.07, 6.45) is 0.783. The Morgan fingerprint density at radius 3 is 2.37 bits per heavy atom. The van der Waals surface area contributed by atoms with Gasteiger partial charge in [-0.05, 0) is 57.4 Å². The molecule has 8 heteroatoms. The molecule has 2 aromatic rings. The number of nitrogens with zero attached hydrogens (tertiary/aromatic N) is 2. The van der Waals surface area contributed by atoms with Crippen LogP contribution >= 0.6 is 11.6 Å². The maximum atomic E-state index is 12.9. The van der Waals surface area contributed by atoms with Crippen molar-refractivity contribution < 1.29 is 13.2 Å². The van der Waals surface area contributed by atoms with Gasteiger partial charge in [0.05, 0.1) is 21.2 Å².